The van der Waals surface area contributed by atoms with E-state index in [4.69, 9.17) is 11.6 Å². The lowest BCUT2D eigenvalue weighted by atomic mass is 10.3. The van der Waals surface area contributed by atoms with E-state index in [1.54, 1.807) is 0 Å². The van der Waals surface area contributed by atoms with E-state index in [1.165, 1.54) is 49.1 Å². The van der Waals surface area contributed by atoms with Gasteiger partial charge >= 0.3 is 0 Å². The van der Waals surface area contributed by atoms with E-state index >= 15 is 0 Å². The second-order valence-corrected chi connectivity index (χ2v) is 6.76. The third-order valence-corrected chi connectivity index (χ3v) is 4.65. The number of nitrogens with one attached hydrogen (secondary N) is 3. The third-order valence-electron chi connectivity index (χ3n) is 3.02. The van der Waals surface area contributed by atoms with Gasteiger partial charge in [0, 0.05) is 30.5 Å². The Labute approximate surface area is 147 Å². The number of sulfonamides is 1. The quantitative estimate of drug-likeness (QED) is 0.621. The summed E-state index contributed by atoms with van der Waals surface area (Å²) >= 11 is 5.79. The number of rotatable bonds is 5. The van der Waals surface area contributed by atoms with Crippen LogP contribution >= 0.6 is 11.6 Å². The van der Waals surface area contributed by atoms with Gasteiger partial charge in [0.2, 0.25) is 0 Å². The number of aromatic nitrogens is 4. The summed E-state index contributed by atoms with van der Waals surface area (Å²) in [4.78, 5) is 25.9. The minimum atomic E-state index is -3.89. The predicted octanol–water partition coefficient (Wildman–Crippen LogP) is 1.91. The fraction of sp³-hybridized carbons (Fsp3) is 0. The van der Waals surface area contributed by atoms with Crippen LogP contribution in [0.5, 0.6) is 0 Å². The summed E-state index contributed by atoms with van der Waals surface area (Å²) in [6.07, 6.45) is 5.63. The fourth-order valence-corrected chi connectivity index (χ4v) is 3.10. The summed E-state index contributed by atoms with van der Waals surface area (Å²) in [5.74, 6) is -0.361. The van der Waals surface area contributed by atoms with Gasteiger partial charge in [-0.3, -0.25) is 9.52 Å². The van der Waals surface area contributed by atoms with Gasteiger partial charge in [0.1, 0.15) is 0 Å². The first-order valence-corrected chi connectivity index (χ1v) is 8.72. The van der Waals surface area contributed by atoms with Crippen molar-refractivity contribution in [2.75, 3.05) is 10.0 Å². The molecule has 0 saturated carbocycles. The minimum Gasteiger partial charge on any atom is -0.341 e. The van der Waals surface area contributed by atoms with Crippen molar-refractivity contribution in [2.45, 2.75) is 4.90 Å². The summed E-state index contributed by atoms with van der Waals surface area (Å²) in [6, 6.07) is 5.58. The van der Waals surface area contributed by atoms with E-state index in [0.717, 1.165) is 0 Å². The van der Waals surface area contributed by atoms with Gasteiger partial charge in [0.15, 0.2) is 16.8 Å². The van der Waals surface area contributed by atoms with Crippen molar-refractivity contribution < 1.29 is 13.2 Å². The van der Waals surface area contributed by atoms with E-state index in [9.17, 15) is 13.2 Å². The number of imidazole rings is 1. The topological polar surface area (TPSA) is 130 Å². The first kappa shape index (κ1) is 16.9. The van der Waals surface area contributed by atoms with Crippen LogP contribution in [-0.4, -0.2) is 34.3 Å². The van der Waals surface area contributed by atoms with Crippen molar-refractivity contribution in [1.29, 1.82) is 0 Å². The molecule has 0 spiro atoms. The smallest absolute Gasteiger partial charge is 0.291 e. The Hall–Kier alpha value is -2.98. The molecule has 11 heteroatoms. The van der Waals surface area contributed by atoms with Crippen molar-refractivity contribution in [3.8, 4) is 0 Å². The maximum Gasteiger partial charge on any atom is 0.291 e. The van der Waals surface area contributed by atoms with Gasteiger partial charge < -0.3 is 10.3 Å². The molecule has 2 heterocycles. The Bertz CT molecular complexity index is 990. The summed E-state index contributed by atoms with van der Waals surface area (Å²) in [5.41, 5.74) is 0.415. The first-order valence-electron chi connectivity index (χ1n) is 6.86. The largest absolute Gasteiger partial charge is 0.341 e. The molecule has 0 bridgehead atoms. The summed E-state index contributed by atoms with van der Waals surface area (Å²) in [5, 5.41) is 2.53. The van der Waals surface area contributed by atoms with E-state index in [0.29, 0.717) is 5.69 Å². The number of anilines is 2. The van der Waals surface area contributed by atoms with E-state index in [-0.39, 0.29) is 21.7 Å². The SMILES string of the molecule is O=C(Nc1ccc(S(=O)(=O)Nc2nccnc2Cl)cc1)c1ncc[nH]1. The van der Waals surface area contributed by atoms with Gasteiger partial charge in [-0.2, -0.15) is 0 Å². The zero-order valence-electron chi connectivity index (χ0n) is 12.5. The van der Waals surface area contributed by atoms with Crippen LogP contribution in [0, 0.1) is 0 Å². The highest BCUT2D eigenvalue weighted by molar-refractivity contribution is 7.92. The number of amides is 1. The van der Waals surface area contributed by atoms with Gasteiger partial charge in [-0.25, -0.2) is 23.4 Å². The van der Waals surface area contributed by atoms with Crippen molar-refractivity contribution in [3.63, 3.8) is 0 Å². The van der Waals surface area contributed by atoms with Crippen LogP contribution in [0.1, 0.15) is 10.6 Å². The number of halogens is 1. The lowest BCUT2D eigenvalue weighted by molar-refractivity contribution is 0.101. The third kappa shape index (κ3) is 3.92. The normalized spacial score (nSPS) is 11.1. The Morgan fingerprint density at radius 1 is 1.04 bits per heavy atom. The van der Waals surface area contributed by atoms with Crippen LogP contribution in [0.15, 0.2) is 53.9 Å². The van der Waals surface area contributed by atoms with Gasteiger partial charge in [-0.15, -0.1) is 0 Å². The molecule has 2 aromatic heterocycles. The van der Waals surface area contributed by atoms with Gasteiger partial charge in [-0.05, 0) is 24.3 Å². The van der Waals surface area contributed by atoms with E-state index in [2.05, 4.69) is 30.0 Å². The van der Waals surface area contributed by atoms with Crippen LogP contribution < -0.4 is 10.0 Å². The molecule has 9 nitrogen and oxygen atoms in total. The Morgan fingerprint density at radius 2 is 1.76 bits per heavy atom. The summed E-state index contributed by atoms with van der Waals surface area (Å²) in [6.45, 7) is 0. The Kier molecular flexibility index (Phi) is 4.63. The highest BCUT2D eigenvalue weighted by Crippen LogP contribution is 2.20. The standard InChI is InChI=1S/C14H11ClN6O3S/c15-11-12(17-6-5-16-11)21-25(23,24)10-3-1-9(2-4-10)20-14(22)13-18-7-8-19-13/h1-8H,(H,17,21)(H,18,19)(H,20,22). The van der Waals surface area contributed by atoms with Crippen molar-refractivity contribution in [3.05, 3.63) is 60.0 Å². The number of hydrogen-bond donors (Lipinski definition) is 3. The molecule has 0 saturated heterocycles. The predicted molar refractivity (Wildman–Crippen MR) is 90.8 cm³/mol. The first-order chi connectivity index (χ1) is 12.0. The molecule has 0 fully saturated rings. The van der Waals surface area contributed by atoms with Gasteiger partial charge in [0.05, 0.1) is 4.90 Å². The van der Waals surface area contributed by atoms with Crippen molar-refractivity contribution in [2.24, 2.45) is 0 Å². The average Bonchev–Trinajstić information content (AvgIpc) is 3.12. The molecule has 0 unspecified atom stereocenters. The molecule has 3 aromatic rings. The molecule has 128 valence electrons. The summed E-state index contributed by atoms with van der Waals surface area (Å²) < 4.78 is 26.9. The number of carbonyl (C=O) groups is 1. The molecule has 3 N–H and O–H groups in total. The van der Waals surface area contributed by atoms with Crippen LogP contribution in [0.3, 0.4) is 0 Å². The van der Waals surface area contributed by atoms with Crippen LogP contribution in [0.25, 0.3) is 0 Å². The molecule has 25 heavy (non-hydrogen) atoms. The second-order valence-electron chi connectivity index (χ2n) is 4.72. The molecule has 0 aliphatic carbocycles. The molecule has 0 atom stereocenters. The fourth-order valence-electron chi connectivity index (χ4n) is 1.87. The monoisotopic (exact) mass is 378 g/mol. The zero-order valence-corrected chi connectivity index (χ0v) is 14.0. The molecule has 1 amide bonds. The Morgan fingerprint density at radius 3 is 2.40 bits per heavy atom. The van der Waals surface area contributed by atoms with Gasteiger partial charge in [0.25, 0.3) is 15.9 Å². The maximum absolute atomic E-state index is 12.3. The number of benzene rings is 1. The highest BCUT2D eigenvalue weighted by atomic mass is 35.5. The molecule has 1 aromatic carbocycles. The van der Waals surface area contributed by atoms with E-state index in [1.807, 2.05) is 0 Å². The zero-order chi connectivity index (χ0) is 17.9. The molecular weight excluding hydrogens is 368 g/mol. The molecule has 0 radical (unpaired) electrons. The molecule has 3 rings (SSSR count). The van der Waals surface area contributed by atoms with E-state index < -0.39 is 15.9 Å². The molecule has 0 aliphatic heterocycles. The molecule has 0 aliphatic rings. The highest BCUT2D eigenvalue weighted by Gasteiger charge is 2.17. The van der Waals surface area contributed by atoms with Crippen LogP contribution in [-0.2, 0) is 10.0 Å². The lowest BCUT2D eigenvalue weighted by Gasteiger charge is -2.09. The average molecular weight is 379 g/mol. The molecular formula is C14H11ClN6O3S. The van der Waals surface area contributed by atoms with Crippen molar-refractivity contribution in [1.82, 2.24) is 19.9 Å². The Balaban J connectivity index is 1.75. The minimum absolute atomic E-state index is 0.0229. The second kappa shape index (κ2) is 6.87. The summed E-state index contributed by atoms with van der Waals surface area (Å²) in [7, 11) is -3.89. The number of H-pyrrole nitrogens is 1. The van der Waals surface area contributed by atoms with Crippen molar-refractivity contribution >= 4 is 39.0 Å². The maximum atomic E-state index is 12.3. The lowest BCUT2D eigenvalue weighted by Crippen LogP contribution is -2.15. The number of nitrogens with zero attached hydrogens (tertiary/aromatic N) is 3. The van der Waals surface area contributed by atoms with Gasteiger partial charge in [-0.1, -0.05) is 11.6 Å². The van der Waals surface area contributed by atoms with Crippen LogP contribution in [0.4, 0.5) is 11.5 Å². The van der Waals surface area contributed by atoms with Crippen LogP contribution in [0.2, 0.25) is 5.15 Å². The number of carbonyl (C=O) groups excluding carboxylic acids is 1. The number of aromatic amines is 1. The number of hydrogen-bond acceptors (Lipinski definition) is 6.